The molecule has 0 aliphatic carbocycles. The summed E-state index contributed by atoms with van der Waals surface area (Å²) in [7, 11) is 0. The lowest BCUT2D eigenvalue weighted by Crippen LogP contribution is -2.16. The third kappa shape index (κ3) is 2.67. The summed E-state index contributed by atoms with van der Waals surface area (Å²) in [5.74, 6) is 0. The predicted octanol–water partition coefficient (Wildman–Crippen LogP) is 2.58. The van der Waals surface area contributed by atoms with E-state index in [-0.39, 0.29) is 5.56 Å². The van der Waals surface area contributed by atoms with E-state index in [1.807, 2.05) is 44.2 Å². The topological polar surface area (TPSA) is 59.4 Å². The minimum absolute atomic E-state index is 0.0956. The molecule has 0 spiro atoms. The molecule has 0 aliphatic rings. The van der Waals surface area contributed by atoms with E-state index < -0.39 is 0 Å². The summed E-state index contributed by atoms with van der Waals surface area (Å²) < 4.78 is 6.84. The van der Waals surface area contributed by atoms with Crippen molar-refractivity contribution in [1.82, 2.24) is 14.6 Å². The zero-order valence-corrected chi connectivity index (χ0v) is 12.8. The second kappa shape index (κ2) is 6.15. The first-order chi connectivity index (χ1) is 10.7. The van der Waals surface area contributed by atoms with Crippen molar-refractivity contribution in [2.75, 3.05) is 13.2 Å². The van der Waals surface area contributed by atoms with Crippen LogP contribution in [0.4, 0.5) is 0 Å². The molecule has 0 atom stereocenters. The maximum atomic E-state index is 12.3. The van der Waals surface area contributed by atoms with E-state index in [0.29, 0.717) is 25.3 Å². The van der Waals surface area contributed by atoms with Crippen LogP contribution in [-0.4, -0.2) is 27.8 Å². The largest absolute Gasteiger partial charge is 0.381 e. The maximum Gasteiger partial charge on any atom is 0.272 e. The van der Waals surface area contributed by atoms with Gasteiger partial charge in [0.1, 0.15) is 0 Å². The molecular formula is C17H19N3O2. The lowest BCUT2D eigenvalue weighted by molar-refractivity contribution is 0.150. The molecule has 0 unspecified atom stereocenters. The van der Waals surface area contributed by atoms with E-state index in [2.05, 4.69) is 10.1 Å². The zero-order valence-electron chi connectivity index (χ0n) is 12.8. The molecule has 114 valence electrons. The first kappa shape index (κ1) is 14.5. The van der Waals surface area contributed by atoms with Crippen LogP contribution >= 0.6 is 0 Å². The van der Waals surface area contributed by atoms with Crippen LogP contribution < -0.4 is 5.56 Å². The second-order valence-electron chi connectivity index (χ2n) is 5.17. The fourth-order valence-electron chi connectivity index (χ4n) is 2.53. The Morgan fingerprint density at radius 1 is 1.27 bits per heavy atom. The minimum atomic E-state index is -0.0956. The number of nitrogens with zero attached hydrogens (tertiary/aromatic N) is 2. The molecule has 0 aliphatic heterocycles. The number of aromatic amines is 1. The quantitative estimate of drug-likeness (QED) is 0.736. The number of aromatic nitrogens is 3. The molecule has 3 rings (SSSR count). The van der Waals surface area contributed by atoms with Crippen molar-refractivity contribution in [3.05, 3.63) is 58.0 Å². The first-order valence-corrected chi connectivity index (χ1v) is 7.45. The van der Waals surface area contributed by atoms with E-state index in [0.717, 1.165) is 22.5 Å². The first-order valence-electron chi connectivity index (χ1n) is 7.45. The van der Waals surface area contributed by atoms with Crippen LogP contribution in [0.25, 0.3) is 16.9 Å². The Morgan fingerprint density at radius 3 is 2.77 bits per heavy atom. The summed E-state index contributed by atoms with van der Waals surface area (Å²) >= 11 is 0. The van der Waals surface area contributed by atoms with E-state index in [9.17, 15) is 4.79 Å². The normalized spacial score (nSPS) is 11.2. The van der Waals surface area contributed by atoms with Gasteiger partial charge in [-0.05, 0) is 19.4 Å². The number of rotatable bonds is 5. The molecule has 3 aromatic rings. The van der Waals surface area contributed by atoms with Crippen LogP contribution in [-0.2, 0) is 11.2 Å². The predicted molar refractivity (Wildman–Crippen MR) is 86.2 cm³/mol. The highest BCUT2D eigenvalue weighted by atomic mass is 16.5. The van der Waals surface area contributed by atoms with Crippen molar-refractivity contribution in [2.45, 2.75) is 20.3 Å². The average molecular weight is 297 g/mol. The van der Waals surface area contributed by atoms with Gasteiger partial charge in [0.25, 0.3) is 5.56 Å². The number of benzene rings is 1. The highest BCUT2D eigenvalue weighted by Gasteiger charge is 2.13. The fourth-order valence-corrected chi connectivity index (χ4v) is 2.53. The molecule has 2 heterocycles. The Labute approximate surface area is 128 Å². The second-order valence-corrected chi connectivity index (χ2v) is 5.17. The number of hydrogen-bond donors (Lipinski definition) is 1. The standard InChI is InChI=1S/C17H19N3O2/c1-3-22-10-9-14-11-15(21)20-17(18-14)12(2)16(19-20)13-7-5-4-6-8-13/h4-8,11,19H,3,9-10H2,1-2H3. The number of H-pyrrole nitrogens is 1. The molecular weight excluding hydrogens is 278 g/mol. The van der Waals surface area contributed by atoms with Gasteiger partial charge >= 0.3 is 0 Å². The van der Waals surface area contributed by atoms with Gasteiger partial charge < -0.3 is 4.74 Å². The summed E-state index contributed by atoms with van der Waals surface area (Å²) in [6.07, 6.45) is 0.644. The van der Waals surface area contributed by atoms with E-state index in [1.165, 1.54) is 4.52 Å². The number of nitrogens with one attached hydrogen (secondary N) is 1. The number of aryl methyl sites for hydroxylation is 1. The summed E-state index contributed by atoms with van der Waals surface area (Å²) in [6.45, 7) is 5.18. The van der Waals surface area contributed by atoms with Crippen molar-refractivity contribution in [1.29, 1.82) is 0 Å². The van der Waals surface area contributed by atoms with E-state index in [1.54, 1.807) is 6.07 Å². The molecule has 5 heteroatoms. The van der Waals surface area contributed by atoms with Gasteiger partial charge in [-0.25, -0.2) is 9.50 Å². The number of fused-ring (bicyclic) bond motifs is 1. The van der Waals surface area contributed by atoms with Crippen LogP contribution in [0.1, 0.15) is 18.2 Å². The van der Waals surface area contributed by atoms with Gasteiger partial charge in [0.05, 0.1) is 18.0 Å². The lowest BCUT2D eigenvalue weighted by atomic mass is 10.1. The maximum absolute atomic E-state index is 12.3. The Balaban J connectivity index is 2.06. The lowest BCUT2D eigenvalue weighted by Gasteiger charge is -2.01. The van der Waals surface area contributed by atoms with E-state index in [4.69, 9.17) is 4.74 Å². The molecule has 0 bridgehead atoms. The highest BCUT2D eigenvalue weighted by Crippen LogP contribution is 2.23. The van der Waals surface area contributed by atoms with Gasteiger partial charge in [0.15, 0.2) is 5.65 Å². The van der Waals surface area contributed by atoms with Crippen molar-refractivity contribution >= 4 is 5.65 Å². The van der Waals surface area contributed by atoms with Crippen LogP contribution in [0.3, 0.4) is 0 Å². The van der Waals surface area contributed by atoms with Gasteiger partial charge in [0.2, 0.25) is 0 Å². The van der Waals surface area contributed by atoms with Gasteiger partial charge in [-0.2, -0.15) is 0 Å². The van der Waals surface area contributed by atoms with Crippen molar-refractivity contribution in [2.24, 2.45) is 0 Å². The van der Waals surface area contributed by atoms with Gasteiger partial charge in [-0.1, -0.05) is 30.3 Å². The third-order valence-corrected chi connectivity index (χ3v) is 3.67. The highest BCUT2D eigenvalue weighted by molar-refractivity contribution is 5.69. The minimum Gasteiger partial charge on any atom is -0.381 e. The third-order valence-electron chi connectivity index (χ3n) is 3.67. The number of ether oxygens (including phenoxy) is 1. The monoisotopic (exact) mass is 297 g/mol. The van der Waals surface area contributed by atoms with Crippen LogP contribution in [0.15, 0.2) is 41.2 Å². The summed E-state index contributed by atoms with van der Waals surface area (Å²) in [5.41, 5.74) is 4.29. The summed E-state index contributed by atoms with van der Waals surface area (Å²) in [4.78, 5) is 16.9. The number of hydrogen-bond acceptors (Lipinski definition) is 3. The molecule has 2 aromatic heterocycles. The molecule has 0 saturated heterocycles. The fraction of sp³-hybridized carbons (Fsp3) is 0.294. The Kier molecular flexibility index (Phi) is 4.06. The Bertz CT molecular complexity index is 834. The molecule has 1 aromatic carbocycles. The molecule has 5 nitrogen and oxygen atoms in total. The van der Waals surface area contributed by atoms with Gasteiger partial charge in [-0.3, -0.25) is 9.89 Å². The molecule has 0 amide bonds. The molecule has 0 radical (unpaired) electrons. The molecule has 0 saturated carbocycles. The van der Waals surface area contributed by atoms with Crippen LogP contribution in [0, 0.1) is 6.92 Å². The molecule has 22 heavy (non-hydrogen) atoms. The average Bonchev–Trinajstić information content (AvgIpc) is 2.87. The van der Waals surface area contributed by atoms with Gasteiger partial charge in [-0.15, -0.1) is 0 Å². The SMILES string of the molecule is CCOCCc1cc(=O)n2[nH]c(-c3ccccc3)c(C)c2n1. The van der Waals surface area contributed by atoms with Crippen LogP contribution in [0.2, 0.25) is 0 Å². The van der Waals surface area contributed by atoms with E-state index >= 15 is 0 Å². The molecule has 1 N–H and O–H groups in total. The van der Waals surface area contributed by atoms with Crippen molar-refractivity contribution in [3.8, 4) is 11.3 Å². The summed E-state index contributed by atoms with van der Waals surface area (Å²) in [6, 6.07) is 11.5. The van der Waals surface area contributed by atoms with Crippen LogP contribution in [0.5, 0.6) is 0 Å². The van der Waals surface area contributed by atoms with Crippen molar-refractivity contribution in [3.63, 3.8) is 0 Å². The smallest absolute Gasteiger partial charge is 0.272 e. The van der Waals surface area contributed by atoms with Gasteiger partial charge in [0, 0.05) is 24.7 Å². The Hall–Kier alpha value is -2.40. The molecule has 0 fully saturated rings. The van der Waals surface area contributed by atoms with Crippen molar-refractivity contribution < 1.29 is 4.74 Å². The zero-order chi connectivity index (χ0) is 15.5. The Morgan fingerprint density at radius 2 is 2.05 bits per heavy atom. The summed E-state index contributed by atoms with van der Waals surface area (Å²) in [5, 5.41) is 3.15.